The molecule has 1 unspecified atom stereocenters. The first-order valence-corrected chi connectivity index (χ1v) is 8.72. The Morgan fingerprint density at radius 1 is 1.36 bits per heavy atom. The summed E-state index contributed by atoms with van der Waals surface area (Å²) in [5.41, 5.74) is 1.95. The molecule has 0 aliphatic carbocycles. The number of hydrogen-bond acceptors (Lipinski definition) is 4. The molecule has 1 aliphatic rings. The number of rotatable bonds is 6. The molecule has 1 aromatic heterocycles. The molecule has 0 spiro atoms. The van der Waals surface area contributed by atoms with Gasteiger partial charge in [-0.25, -0.2) is 8.78 Å². The Kier molecular flexibility index (Phi) is 5.47. The van der Waals surface area contributed by atoms with Crippen molar-refractivity contribution in [2.75, 3.05) is 11.9 Å². The minimum Gasteiger partial charge on any atom is -0.368 e. The number of carbonyl (C=O) groups is 2. The Labute approximate surface area is 160 Å². The zero-order valence-electron chi connectivity index (χ0n) is 15.2. The molecule has 3 rings (SSSR count). The van der Waals surface area contributed by atoms with Gasteiger partial charge >= 0.3 is 0 Å². The SMILES string of the molecule is C#CCNC(=O)C(=O)c1c(C)c(C(O)Nc2ccc(F)c(F)c2)n2c1CCC2. The standard InChI is InChI=1S/C20H19F2N3O3/c1-3-8-23-20(28)18(26)16-11(2)17(25-9-4-5-15(16)25)19(27)24-12-6-7-13(21)14(22)10-12/h1,6-7,10,19,24,27H,4-5,8-9H2,2H3,(H,23,28). The molecule has 146 valence electrons. The highest BCUT2D eigenvalue weighted by Gasteiger charge is 2.32. The van der Waals surface area contributed by atoms with Gasteiger partial charge in [0, 0.05) is 24.0 Å². The van der Waals surface area contributed by atoms with Gasteiger partial charge in [0.1, 0.15) is 0 Å². The minimum atomic E-state index is -1.28. The summed E-state index contributed by atoms with van der Waals surface area (Å²) in [4.78, 5) is 24.7. The third-order valence-corrected chi connectivity index (χ3v) is 4.73. The van der Waals surface area contributed by atoms with Crippen molar-refractivity contribution in [1.29, 1.82) is 0 Å². The first-order valence-electron chi connectivity index (χ1n) is 8.72. The Balaban J connectivity index is 1.94. The van der Waals surface area contributed by atoms with Gasteiger partial charge in [-0.05, 0) is 37.5 Å². The van der Waals surface area contributed by atoms with Crippen molar-refractivity contribution >= 4 is 17.4 Å². The zero-order chi connectivity index (χ0) is 20.4. The van der Waals surface area contributed by atoms with Gasteiger partial charge in [-0.15, -0.1) is 6.42 Å². The predicted molar refractivity (Wildman–Crippen MR) is 98.6 cm³/mol. The van der Waals surface area contributed by atoms with E-state index < -0.39 is 29.6 Å². The smallest absolute Gasteiger partial charge is 0.293 e. The number of hydrogen-bond donors (Lipinski definition) is 3. The largest absolute Gasteiger partial charge is 0.368 e. The van der Waals surface area contributed by atoms with E-state index in [-0.39, 0.29) is 17.8 Å². The summed E-state index contributed by atoms with van der Waals surface area (Å²) in [5.74, 6) is -1.33. The number of halogens is 2. The fraction of sp³-hybridized carbons (Fsp3) is 0.300. The molecule has 0 radical (unpaired) electrons. The number of anilines is 1. The summed E-state index contributed by atoms with van der Waals surface area (Å²) in [6.07, 6.45) is 5.16. The molecule has 1 amide bonds. The van der Waals surface area contributed by atoms with Crippen molar-refractivity contribution in [3.63, 3.8) is 0 Å². The highest BCUT2D eigenvalue weighted by atomic mass is 19.2. The molecule has 2 aromatic rings. The topological polar surface area (TPSA) is 83.4 Å². The lowest BCUT2D eigenvalue weighted by Crippen LogP contribution is -2.32. The molecule has 0 saturated heterocycles. The van der Waals surface area contributed by atoms with Gasteiger partial charge in [0.15, 0.2) is 17.9 Å². The summed E-state index contributed by atoms with van der Waals surface area (Å²) in [7, 11) is 0. The molecule has 3 N–H and O–H groups in total. The summed E-state index contributed by atoms with van der Waals surface area (Å²) in [6.45, 7) is 2.15. The number of nitrogens with zero attached hydrogens (tertiary/aromatic N) is 1. The van der Waals surface area contributed by atoms with Crippen LogP contribution in [0, 0.1) is 30.9 Å². The van der Waals surface area contributed by atoms with Gasteiger partial charge in [0.25, 0.3) is 11.7 Å². The maximum absolute atomic E-state index is 13.4. The van der Waals surface area contributed by atoms with Crippen molar-refractivity contribution in [1.82, 2.24) is 9.88 Å². The predicted octanol–water partition coefficient (Wildman–Crippen LogP) is 2.06. The van der Waals surface area contributed by atoms with Gasteiger partial charge < -0.3 is 20.3 Å². The Morgan fingerprint density at radius 3 is 2.79 bits per heavy atom. The van der Waals surface area contributed by atoms with E-state index in [0.717, 1.165) is 18.6 Å². The minimum absolute atomic E-state index is 0.0627. The van der Waals surface area contributed by atoms with Crippen LogP contribution in [0.1, 0.15) is 40.0 Å². The van der Waals surface area contributed by atoms with E-state index in [9.17, 15) is 23.5 Å². The number of Topliss-reactive ketones (excluding diaryl/α,β-unsaturated/α-hetero) is 1. The van der Waals surface area contributed by atoms with E-state index in [0.29, 0.717) is 29.9 Å². The number of amides is 1. The number of ketones is 1. The molecule has 0 bridgehead atoms. The third-order valence-electron chi connectivity index (χ3n) is 4.73. The van der Waals surface area contributed by atoms with Crippen LogP contribution in [0.15, 0.2) is 18.2 Å². The number of nitrogens with one attached hydrogen (secondary N) is 2. The summed E-state index contributed by atoms with van der Waals surface area (Å²) in [5, 5.41) is 15.7. The molecule has 8 heteroatoms. The summed E-state index contributed by atoms with van der Waals surface area (Å²) < 4.78 is 28.3. The second-order valence-electron chi connectivity index (χ2n) is 6.48. The van der Waals surface area contributed by atoms with Crippen molar-refractivity contribution in [2.24, 2.45) is 0 Å². The van der Waals surface area contributed by atoms with E-state index in [1.807, 2.05) is 0 Å². The monoisotopic (exact) mass is 387 g/mol. The second-order valence-corrected chi connectivity index (χ2v) is 6.48. The molecule has 2 heterocycles. The molecule has 1 aromatic carbocycles. The number of fused-ring (bicyclic) bond motifs is 1. The van der Waals surface area contributed by atoms with Gasteiger partial charge in [-0.2, -0.15) is 0 Å². The highest BCUT2D eigenvalue weighted by molar-refractivity contribution is 6.43. The van der Waals surface area contributed by atoms with Gasteiger partial charge in [-0.1, -0.05) is 5.92 Å². The first kappa shape index (κ1) is 19.6. The maximum Gasteiger partial charge on any atom is 0.293 e. The van der Waals surface area contributed by atoms with E-state index in [1.54, 1.807) is 11.5 Å². The van der Waals surface area contributed by atoms with Gasteiger partial charge in [0.05, 0.1) is 17.8 Å². The number of aromatic nitrogens is 1. The van der Waals surface area contributed by atoms with Crippen LogP contribution in [0.25, 0.3) is 0 Å². The van der Waals surface area contributed by atoms with Crippen LogP contribution in [0.4, 0.5) is 14.5 Å². The number of carbonyl (C=O) groups excluding carboxylic acids is 2. The third kappa shape index (κ3) is 3.49. The van der Waals surface area contributed by atoms with Gasteiger partial charge in [-0.3, -0.25) is 9.59 Å². The van der Waals surface area contributed by atoms with Crippen molar-refractivity contribution in [2.45, 2.75) is 32.5 Å². The average Bonchev–Trinajstić information content (AvgIpc) is 3.21. The normalized spacial score (nSPS) is 13.5. The molecule has 0 fully saturated rings. The van der Waals surface area contributed by atoms with E-state index in [1.165, 1.54) is 6.07 Å². The summed E-state index contributed by atoms with van der Waals surface area (Å²) in [6, 6.07) is 3.18. The number of aliphatic hydroxyl groups is 1. The van der Waals surface area contributed by atoms with Crippen molar-refractivity contribution in [3.05, 3.63) is 52.3 Å². The second kappa shape index (κ2) is 7.82. The van der Waals surface area contributed by atoms with Crippen LogP contribution >= 0.6 is 0 Å². The van der Waals surface area contributed by atoms with Crippen LogP contribution in [0.2, 0.25) is 0 Å². The number of aliphatic hydroxyl groups excluding tert-OH is 1. The summed E-state index contributed by atoms with van der Waals surface area (Å²) >= 11 is 0. The van der Waals surface area contributed by atoms with Crippen LogP contribution in [0.3, 0.4) is 0 Å². The lowest BCUT2D eigenvalue weighted by atomic mass is 10.0. The quantitative estimate of drug-likeness (QED) is 0.307. The number of benzene rings is 1. The van der Waals surface area contributed by atoms with Crippen LogP contribution < -0.4 is 10.6 Å². The van der Waals surface area contributed by atoms with Crippen LogP contribution in [-0.4, -0.2) is 27.9 Å². The highest BCUT2D eigenvalue weighted by Crippen LogP contribution is 2.33. The molecule has 28 heavy (non-hydrogen) atoms. The van der Waals surface area contributed by atoms with E-state index >= 15 is 0 Å². The molecule has 1 aliphatic heterocycles. The Hall–Kier alpha value is -3.18. The Morgan fingerprint density at radius 2 is 2.11 bits per heavy atom. The molecular formula is C20H19F2N3O3. The fourth-order valence-corrected chi connectivity index (χ4v) is 3.54. The van der Waals surface area contributed by atoms with Crippen molar-refractivity contribution in [3.8, 4) is 12.3 Å². The zero-order valence-corrected chi connectivity index (χ0v) is 15.2. The maximum atomic E-state index is 13.4. The molecule has 6 nitrogen and oxygen atoms in total. The van der Waals surface area contributed by atoms with Crippen molar-refractivity contribution < 1.29 is 23.5 Å². The lowest BCUT2D eigenvalue weighted by Gasteiger charge is -2.18. The van der Waals surface area contributed by atoms with Crippen LogP contribution in [-0.2, 0) is 17.8 Å². The molecular weight excluding hydrogens is 368 g/mol. The first-order chi connectivity index (χ1) is 13.3. The Bertz CT molecular complexity index is 992. The fourth-order valence-electron chi connectivity index (χ4n) is 3.54. The van der Waals surface area contributed by atoms with Crippen LogP contribution in [0.5, 0.6) is 0 Å². The number of terminal acetylenes is 1. The molecule has 0 saturated carbocycles. The van der Waals surface area contributed by atoms with E-state index in [4.69, 9.17) is 6.42 Å². The van der Waals surface area contributed by atoms with Gasteiger partial charge in [0.2, 0.25) is 0 Å². The van der Waals surface area contributed by atoms with E-state index in [2.05, 4.69) is 16.6 Å². The molecule has 1 atom stereocenters. The lowest BCUT2D eigenvalue weighted by molar-refractivity contribution is -0.116. The average molecular weight is 387 g/mol.